The number of terminal acetylenes is 1. The molecule has 19 heavy (non-hydrogen) atoms. The molecule has 0 unspecified atom stereocenters. The number of nitro benzene ring substituents is 1. The van der Waals surface area contributed by atoms with Crippen molar-refractivity contribution >= 4 is 17.3 Å². The number of benzene rings is 1. The monoisotopic (exact) mass is 258 g/mol. The third-order valence-electron chi connectivity index (χ3n) is 2.16. The Morgan fingerprint density at radius 1 is 1.53 bits per heavy atom. The molecule has 1 rings (SSSR count). The molecule has 0 aliphatic rings. The van der Waals surface area contributed by atoms with Gasteiger partial charge in [-0.05, 0) is 6.07 Å². The van der Waals surface area contributed by atoms with Crippen molar-refractivity contribution in [3.63, 3.8) is 0 Å². The van der Waals surface area contributed by atoms with Crippen LogP contribution < -0.4 is 10.6 Å². The van der Waals surface area contributed by atoms with Crippen molar-refractivity contribution in [2.24, 2.45) is 0 Å². The maximum absolute atomic E-state index is 11.3. The molecule has 0 aliphatic heterocycles. The molecule has 0 radical (unpaired) electrons. The van der Waals surface area contributed by atoms with E-state index in [-0.39, 0.29) is 30.2 Å². The van der Waals surface area contributed by atoms with Gasteiger partial charge in [-0.25, -0.2) is 0 Å². The summed E-state index contributed by atoms with van der Waals surface area (Å²) in [5, 5.41) is 24.6. The zero-order chi connectivity index (χ0) is 14.3. The molecule has 1 amide bonds. The summed E-state index contributed by atoms with van der Waals surface area (Å²) >= 11 is 0. The van der Waals surface area contributed by atoms with E-state index in [4.69, 9.17) is 11.7 Å². The second-order valence-corrected chi connectivity index (χ2v) is 3.43. The second kappa shape index (κ2) is 6.62. The fourth-order valence-electron chi connectivity index (χ4n) is 1.28. The second-order valence-electron chi connectivity index (χ2n) is 3.43. The lowest BCUT2D eigenvalue weighted by Crippen LogP contribution is -2.30. The summed E-state index contributed by atoms with van der Waals surface area (Å²) < 4.78 is 0. The van der Waals surface area contributed by atoms with E-state index in [2.05, 4.69) is 16.6 Å². The Hall–Kier alpha value is -3.06. The molecule has 1 aromatic carbocycles. The Kier molecular flexibility index (Phi) is 4.88. The Balaban J connectivity index is 2.74. The third-order valence-corrected chi connectivity index (χ3v) is 2.16. The Bertz CT molecular complexity index is 584. The summed E-state index contributed by atoms with van der Waals surface area (Å²) in [5.74, 6) is 1.92. The highest BCUT2D eigenvalue weighted by atomic mass is 16.6. The molecule has 0 saturated carbocycles. The fourth-order valence-corrected chi connectivity index (χ4v) is 1.28. The summed E-state index contributed by atoms with van der Waals surface area (Å²) in [4.78, 5) is 21.3. The molecule has 7 nitrogen and oxygen atoms in total. The predicted molar refractivity (Wildman–Crippen MR) is 68.1 cm³/mol. The van der Waals surface area contributed by atoms with Crippen molar-refractivity contribution < 1.29 is 9.72 Å². The van der Waals surface area contributed by atoms with Gasteiger partial charge in [0.25, 0.3) is 5.69 Å². The Labute approximate surface area is 109 Å². The molecule has 0 atom stereocenters. The normalized spacial score (nSPS) is 8.95. The topological polar surface area (TPSA) is 108 Å². The molecule has 0 aromatic heterocycles. The van der Waals surface area contributed by atoms with Crippen LogP contribution in [0.4, 0.5) is 11.4 Å². The van der Waals surface area contributed by atoms with Crippen molar-refractivity contribution in [2.75, 3.05) is 18.4 Å². The number of nitrogens with one attached hydrogen (secondary N) is 2. The number of nitrogens with zero attached hydrogens (tertiary/aromatic N) is 2. The first kappa shape index (κ1) is 14.0. The maximum atomic E-state index is 11.3. The van der Waals surface area contributed by atoms with Crippen LogP contribution in [-0.2, 0) is 4.79 Å². The smallest absolute Gasteiger partial charge is 0.270 e. The van der Waals surface area contributed by atoms with Crippen LogP contribution in [0.2, 0.25) is 0 Å². The van der Waals surface area contributed by atoms with Crippen LogP contribution in [0.3, 0.4) is 0 Å². The van der Waals surface area contributed by atoms with Crippen molar-refractivity contribution in [3.05, 3.63) is 33.9 Å². The number of amides is 1. The Morgan fingerprint density at radius 3 is 2.84 bits per heavy atom. The molecule has 1 aromatic rings. The summed E-state index contributed by atoms with van der Waals surface area (Å²) in [6.07, 6.45) is 4.98. The molecule has 2 N–H and O–H groups in total. The van der Waals surface area contributed by atoms with Gasteiger partial charge in [0.05, 0.1) is 29.3 Å². The lowest BCUT2D eigenvalue weighted by molar-refractivity contribution is -0.384. The first-order valence-electron chi connectivity index (χ1n) is 5.21. The number of nitriles is 1. The van der Waals surface area contributed by atoms with Gasteiger partial charge in [0.1, 0.15) is 6.07 Å². The van der Waals surface area contributed by atoms with Crippen molar-refractivity contribution in [2.45, 2.75) is 0 Å². The average Bonchev–Trinajstić information content (AvgIpc) is 2.42. The Morgan fingerprint density at radius 2 is 2.26 bits per heavy atom. The third kappa shape index (κ3) is 4.02. The number of nitro groups is 1. The van der Waals surface area contributed by atoms with Crippen LogP contribution in [0.15, 0.2) is 18.2 Å². The van der Waals surface area contributed by atoms with E-state index in [1.54, 1.807) is 0 Å². The standard InChI is InChI=1S/C12H10N4O3/c1-2-5-14-12(17)8-15-11-4-3-10(16(18)19)6-9(11)7-13/h1,3-4,6,15H,5,8H2,(H,14,17). The summed E-state index contributed by atoms with van der Waals surface area (Å²) in [6, 6.07) is 5.60. The molecule has 0 aliphatic carbocycles. The molecule has 0 bridgehead atoms. The molecular formula is C12H10N4O3. The van der Waals surface area contributed by atoms with E-state index in [0.717, 1.165) is 6.07 Å². The minimum Gasteiger partial charge on any atom is -0.375 e. The van der Waals surface area contributed by atoms with E-state index < -0.39 is 4.92 Å². The molecule has 7 heteroatoms. The van der Waals surface area contributed by atoms with Crippen molar-refractivity contribution in [1.82, 2.24) is 5.32 Å². The van der Waals surface area contributed by atoms with Crippen molar-refractivity contribution in [3.8, 4) is 18.4 Å². The van der Waals surface area contributed by atoms with E-state index in [9.17, 15) is 14.9 Å². The van der Waals surface area contributed by atoms with Crippen LogP contribution in [0.5, 0.6) is 0 Å². The minimum absolute atomic E-state index is 0.0752. The lowest BCUT2D eigenvalue weighted by atomic mass is 10.1. The van der Waals surface area contributed by atoms with Crippen LogP contribution in [0, 0.1) is 33.8 Å². The highest BCUT2D eigenvalue weighted by Crippen LogP contribution is 2.20. The summed E-state index contributed by atoms with van der Waals surface area (Å²) in [6.45, 7) is 0.0417. The molecule has 0 heterocycles. The summed E-state index contributed by atoms with van der Waals surface area (Å²) in [7, 11) is 0. The number of carbonyl (C=O) groups excluding carboxylic acids is 1. The van der Waals surface area contributed by atoms with Gasteiger partial charge in [0.2, 0.25) is 5.91 Å². The highest BCUT2D eigenvalue weighted by molar-refractivity contribution is 5.81. The van der Waals surface area contributed by atoms with E-state index >= 15 is 0 Å². The van der Waals surface area contributed by atoms with Crippen LogP contribution in [-0.4, -0.2) is 23.9 Å². The average molecular weight is 258 g/mol. The molecule has 0 spiro atoms. The van der Waals surface area contributed by atoms with Gasteiger partial charge in [0, 0.05) is 12.1 Å². The number of hydrogen-bond donors (Lipinski definition) is 2. The quantitative estimate of drug-likeness (QED) is 0.457. The highest BCUT2D eigenvalue weighted by Gasteiger charge is 2.11. The SMILES string of the molecule is C#CCNC(=O)CNc1ccc([N+](=O)[O-])cc1C#N. The first-order valence-corrected chi connectivity index (χ1v) is 5.21. The number of carbonyl (C=O) groups is 1. The zero-order valence-electron chi connectivity index (χ0n) is 9.84. The van der Waals surface area contributed by atoms with E-state index in [0.29, 0.717) is 5.69 Å². The van der Waals surface area contributed by atoms with Gasteiger partial charge in [-0.2, -0.15) is 5.26 Å². The van der Waals surface area contributed by atoms with Crippen LogP contribution in [0.25, 0.3) is 0 Å². The largest absolute Gasteiger partial charge is 0.375 e. The van der Waals surface area contributed by atoms with Gasteiger partial charge in [-0.3, -0.25) is 14.9 Å². The lowest BCUT2D eigenvalue weighted by Gasteiger charge is -2.07. The minimum atomic E-state index is -0.593. The van der Waals surface area contributed by atoms with E-state index in [1.807, 2.05) is 6.07 Å². The van der Waals surface area contributed by atoms with Gasteiger partial charge in [0.15, 0.2) is 0 Å². The van der Waals surface area contributed by atoms with E-state index in [1.165, 1.54) is 12.1 Å². The number of rotatable bonds is 5. The van der Waals surface area contributed by atoms with Crippen LogP contribution in [0.1, 0.15) is 5.56 Å². The number of non-ortho nitro benzene ring substituents is 1. The molecule has 96 valence electrons. The van der Waals surface area contributed by atoms with Crippen LogP contribution >= 0.6 is 0 Å². The predicted octanol–water partition coefficient (Wildman–Crippen LogP) is 0.628. The fraction of sp³-hybridized carbons (Fsp3) is 0.167. The van der Waals surface area contributed by atoms with Gasteiger partial charge < -0.3 is 10.6 Å². The number of anilines is 1. The molecule has 0 fully saturated rings. The van der Waals surface area contributed by atoms with Crippen molar-refractivity contribution in [1.29, 1.82) is 5.26 Å². The number of hydrogen-bond acceptors (Lipinski definition) is 5. The van der Waals surface area contributed by atoms with Gasteiger partial charge in [-0.15, -0.1) is 6.42 Å². The van der Waals surface area contributed by atoms with Gasteiger partial charge in [-0.1, -0.05) is 5.92 Å². The molecule has 0 saturated heterocycles. The summed E-state index contributed by atoms with van der Waals surface area (Å²) in [5.41, 5.74) is 0.266. The molecular weight excluding hydrogens is 248 g/mol. The zero-order valence-corrected chi connectivity index (χ0v) is 9.84. The first-order chi connectivity index (χ1) is 9.08. The maximum Gasteiger partial charge on any atom is 0.270 e. The van der Waals surface area contributed by atoms with Gasteiger partial charge >= 0.3 is 0 Å².